The fourth-order valence-corrected chi connectivity index (χ4v) is 8.04. The van der Waals surface area contributed by atoms with Crippen LogP contribution in [0.5, 0.6) is 0 Å². The molecule has 0 amide bonds. The van der Waals surface area contributed by atoms with Gasteiger partial charge in [0.05, 0.1) is 5.41 Å². The van der Waals surface area contributed by atoms with E-state index in [0.29, 0.717) is 0 Å². The van der Waals surface area contributed by atoms with Gasteiger partial charge in [-0.25, -0.2) is 0 Å². The molecule has 7 aromatic carbocycles. The van der Waals surface area contributed by atoms with E-state index < -0.39 is 0 Å². The molecule has 0 bridgehead atoms. The van der Waals surface area contributed by atoms with Crippen LogP contribution in [-0.2, 0) is 5.41 Å². The number of halogens is 1. The summed E-state index contributed by atoms with van der Waals surface area (Å²) in [5.41, 5.74) is 17.4. The van der Waals surface area contributed by atoms with E-state index in [1.165, 1.54) is 72.3 Å². The molecule has 0 saturated carbocycles. The molecule has 1 spiro atoms. The summed E-state index contributed by atoms with van der Waals surface area (Å²) in [4.78, 5) is 0. The van der Waals surface area contributed by atoms with Crippen molar-refractivity contribution in [2.45, 2.75) is 5.41 Å². The van der Waals surface area contributed by atoms with Gasteiger partial charge < -0.3 is 0 Å². The molecular weight excluding hydrogens is 552 g/mol. The van der Waals surface area contributed by atoms with Crippen molar-refractivity contribution in [2.24, 2.45) is 0 Å². The minimum atomic E-state index is -0.366. The van der Waals surface area contributed by atoms with Crippen LogP contribution in [0.15, 0.2) is 164 Å². The highest BCUT2D eigenvalue weighted by atomic mass is 35.5. The van der Waals surface area contributed by atoms with Crippen molar-refractivity contribution in [1.29, 1.82) is 0 Å². The number of benzene rings is 7. The zero-order valence-corrected chi connectivity index (χ0v) is 24.7. The van der Waals surface area contributed by atoms with Crippen molar-refractivity contribution < 1.29 is 0 Å². The van der Waals surface area contributed by atoms with Gasteiger partial charge in [0.25, 0.3) is 0 Å². The summed E-state index contributed by atoms with van der Waals surface area (Å²) >= 11 is 6.59. The third-order valence-corrected chi connectivity index (χ3v) is 9.81. The second kappa shape index (κ2) is 9.67. The van der Waals surface area contributed by atoms with Crippen LogP contribution in [0.4, 0.5) is 0 Å². The molecule has 0 radical (unpaired) electrons. The Bertz CT molecular complexity index is 2200. The lowest BCUT2D eigenvalue weighted by atomic mass is 9.70. The molecule has 0 heterocycles. The molecule has 0 fully saturated rings. The van der Waals surface area contributed by atoms with Gasteiger partial charge in [-0.3, -0.25) is 0 Å². The van der Waals surface area contributed by atoms with Crippen LogP contribution in [0.1, 0.15) is 22.3 Å². The highest BCUT2D eigenvalue weighted by Gasteiger charge is 2.51. The van der Waals surface area contributed by atoms with Gasteiger partial charge in [-0.2, -0.15) is 0 Å². The zero-order chi connectivity index (χ0) is 29.3. The van der Waals surface area contributed by atoms with Gasteiger partial charge in [0.15, 0.2) is 0 Å². The topological polar surface area (TPSA) is 0 Å². The molecule has 44 heavy (non-hydrogen) atoms. The highest BCUT2D eigenvalue weighted by molar-refractivity contribution is 6.30. The van der Waals surface area contributed by atoms with Gasteiger partial charge in [0.2, 0.25) is 0 Å². The third-order valence-electron chi connectivity index (χ3n) is 9.57. The Morgan fingerprint density at radius 3 is 1.57 bits per heavy atom. The maximum absolute atomic E-state index is 6.59. The maximum Gasteiger partial charge on any atom is 0.0725 e. The first kappa shape index (κ1) is 25.3. The average Bonchev–Trinajstić information content (AvgIpc) is 3.56. The molecule has 2 aliphatic carbocycles. The summed E-state index contributed by atoms with van der Waals surface area (Å²) in [6.07, 6.45) is 0. The van der Waals surface area contributed by atoms with Crippen molar-refractivity contribution in [3.8, 4) is 55.6 Å². The molecule has 0 N–H and O–H groups in total. The Hall–Kier alpha value is -5.17. The molecule has 206 valence electrons. The standard InChI is InChI=1S/C43H27Cl/c44-31-15-10-14-30(26-31)37-27-29(28-12-2-1-3-13-28)24-25-32(37)35-19-11-23-41-42(35)36-18-6-9-22-40(36)43(41)38-20-7-4-16-33(38)34-17-5-8-21-39(34)43/h1-27H. The third kappa shape index (κ3) is 3.46. The molecule has 0 unspecified atom stereocenters. The first-order valence-corrected chi connectivity index (χ1v) is 15.5. The minimum absolute atomic E-state index is 0.366. The summed E-state index contributed by atoms with van der Waals surface area (Å²) in [5.74, 6) is 0. The van der Waals surface area contributed by atoms with Crippen molar-refractivity contribution in [3.05, 3.63) is 191 Å². The molecule has 0 atom stereocenters. The second-order valence-electron chi connectivity index (χ2n) is 11.8. The van der Waals surface area contributed by atoms with E-state index in [-0.39, 0.29) is 5.41 Å². The van der Waals surface area contributed by atoms with Crippen molar-refractivity contribution in [2.75, 3.05) is 0 Å². The van der Waals surface area contributed by atoms with E-state index in [0.717, 1.165) is 10.6 Å². The SMILES string of the molecule is Clc1cccc(-c2cc(-c3ccccc3)ccc2-c2cccc3c2-c2ccccc2C32c3ccccc3-c3ccccc32)c1. The Morgan fingerprint density at radius 2 is 0.864 bits per heavy atom. The predicted molar refractivity (Wildman–Crippen MR) is 184 cm³/mol. The summed E-state index contributed by atoms with van der Waals surface area (Å²) in [6, 6.07) is 59.6. The van der Waals surface area contributed by atoms with Crippen molar-refractivity contribution in [3.63, 3.8) is 0 Å². The minimum Gasteiger partial charge on any atom is -0.0843 e. The molecule has 9 rings (SSSR count). The lowest BCUT2D eigenvalue weighted by Crippen LogP contribution is -2.25. The number of hydrogen-bond acceptors (Lipinski definition) is 0. The van der Waals surface area contributed by atoms with Gasteiger partial charge in [0, 0.05) is 5.02 Å². The highest BCUT2D eigenvalue weighted by Crippen LogP contribution is 2.64. The van der Waals surface area contributed by atoms with Crippen LogP contribution in [-0.4, -0.2) is 0 Å². The molecule has 0 nitrogen and oxygen atoms in total. The molecular formula is C43H27Cl. The van der Waals surface area contributed by atoms with Gasteiger partial charge in [0.1, 0.15) is 0 Å². The van der Waals surface area contributed by atoms with Gasteiger partial charge in [-0.1, -0.05) is 157 Å². The molecule has 0 aromatic heterocycles. The summed E-state index contributed by atoms with van der Waals surface area (Å²) < 4.78 is 0. The van der Waals surface area contributed by atoms with Gasteiger partial charge in [-0.15, -0.1) is 0 Å². The van der Waals surface area contributed by atoms with Crippen LogP contribution < -0.4 is 0 Å². The van der Waals surface area contributed by atoms with E-state index in [1.807, 2.05) is 12.1 Å². The van der Waals surface area contributed by atoms with Crippen LogP contribution in [0.2, 0.25) is 5.02 Å². The first-order valence-electron chi connectivity index (χ1n) is 15.1. The molecule has 7 aromatic rings. The van der Waals surface area contributed by atoms with E-state index >= 15 is 0 Å². The second-order valence-corrected chi connectivity index (χ2v) is 12.2. The van der Waals surface area contributed by atoms with E-state index in [1.54, 1.807) is 0 Å². The first-order chi connectivity index (χ1) is 21.7. The van der Waals surface area contributed by atoms with Crippen LogP contribution in [0, 0.1) is 0 Å². The Balaban J connectivity index is 1.37. The quantitative estimate of drug-likeness (QED) is 0.195. The van der Waals surface area contributed by atoms with Crippen molar-refractivity contribution >= 4 is 11.6 Å². The Morgan fingerprint density at radius 1 is 0.318 bits per heavy atom. The monoisotopic (exact) mass is 578 g/mol. The average molecular weight is 579 g/mol. The van der Waals surface area contributed by atoms with Crippen LogP contribution in [0.3, 0.4) is 0 Å². The lowest BCUT2D eigenvalue weighted by molar-refractivity contribution is 0.794. The van der Waals surface area contributed by atoms with Gasteiger partial charge >= 0.3 is 0 Å². The van der Waals surface area contributed by atoms with E-state index in [4.69, 9.17) is 11.6 Å². The van der Waals surface area contributed by atoms with Gasteiger partial charge in [-0.05, 0) is 96.1 Å². The number of rotatable bonds is 3. The summed E-state index contributed by atoms with van der Waals surface area (Å²) in [5, 5.41) is 0.736. The molecule has 0 saturated heterocycles. The molecule has 0 aliphatic heterocycles. The van der Waals surface area contributed by atoms with Crippen LogP contribution in [0.25, 0.3) is 55.6 Å². The number of fused-ring (bicyclic) bond motifs is 10. The zero-order valence-electron chi connectivity index (χ0n) is 24.0. The fourth-order valence-electron chi connectivity index (χ4n) is 7.85. The smallest absolute Gasteiger partial charge is 0.0725 e. The lowest BCUT2D eigenvalue weighted by Gasteiger charge is -2.30. The summed E-state index contributed by atoms with van der Waals surface area (Å²) in [7, 11) is 0. The maximum atomic E-state index is 6.59. The van der Waals surface area contributed by atoms with Crippen molar-refractivity contribution in [1.82, 2.24) is 0 Å². The number of hydrogen-bond donors (Lipinski definition) is 0. The summed E-state index contributed by atoms with van der Waals surface area (Å²) in [6.45, 7) is 0. The Labute approximate surface area is 262 Å². The molecule has 2 aliphatic rings. The fraction of sp³-hybridized carbons (Fsp3) is 0.0233. The largest absolute Gasteiger partial charge is 0.0843 e. The Kier molecular flexibility index (Phi) is 5.57. The van der Waals surface area contributed by atoms with E-state index in [2.05, 4.69) is 152 Å². The van der Waals surface area contributed by atoms with Crippen LogP contribution >= 0.6 is 11.6 Å². The van der Waals surface area contributed by atoms with E-state index in [9.17, 15) is 0 Å². The molecule has 1 heteroatoms. The normalized spacial score (nSPS) is 13.3. The predicted octanol–water partition coefficient (Wildman–Crippen LogP) is 11.7.